The topological polar surface area (TPSA) is 97.4 Å². The van der Waals surface area contributed by atoms with Crippen LogP contribution in [0.15, 0.2) is 0 Å². The fraction of sp³-hybridized carbons (Fsp3) is 0.800. The van der Waals surface area contributed by atoms with E-state index < -0.39 is 48.1 Å². The van der Waals surface area contributed by atoms with Crippen LogP contribution in [0.1, 0.15) is 41.5 Å². The van der Waals surface area contributed by atoms with E-state index >= 15 is 0 Å². The van der Waals surface area contributed by atoms with Crippen LogP contribution in [0.5, 0.6) is 0 Å². The smallest absolute Gasteiger partial charge is 0.303 e. The maximum absolute atomic E-state index is 11.4. The Balaban J connectivity index is 3.06. The molecule has 0 N–H and O–H groups in total. The first-order chi connectivity index (χ1) is 10.5. The van der Waals surface area contributed by atoms with Gasteiger partial charge in [-0.05, 0) is 20.8 Å². The van der Waals surface area contributed by atoms with E-state index in [0.717, 1.165) is 0 Å². The van der Waals surface area contributed by atoms with Crippen LogP contribution in [0.3, 0.4) is 0 Å². The average Bonchev–Trinajstić information content (AvgIpc) is 2.33. The van der Waals surface area contributed by atoms with Crippen molar-refractivity contribution in [3.63, 3.8) is 0 Å². The lowest BCUT2D eigenvalue weighted by atomic mass is 10.0. The number of carbonyl (C=O) groups is 3. The Morgan fingerprint density at radius 2 is 1.35 bits per heavy atom. The summed E-state index contributed by atoms with van der Waals surface area (Å²) in [6, 6.07) is 0. The van der Waals surface area contributed by atoms with Crippen molar-refractivity contribution in [2.45, 2.75) is 71.7 Å². The molecule has 0 aromatic carbocycles. The van der Waals surface area contributed by atoms with Gasteiger partial charge in [-0.3, -0.25) is 14.4 Å². The van der Waals surface area contributed by atoms with Gasteiger partial charge < -0.3 is 23.7 Å². The summed E-state index contributed by atoms with van der Waals surface area (Å²) in [4.78, 5) is 34.0. The van der Waals surface area contributed by atoms with Crippen LogP contribution in [-0.2, 0) is 38.1 Å². The van der Waals surface area contributed by atoms with Crippen molar-refractivity contribution in [3.8, 4) is 0 Å². The van der Waals surface area contributed by atoms with Crippen molar-refractivity contribution in [2.75, 3.05) is 6.61 Å². The third kappa shape index (κ3) is 6.54. The summed E-state index contributed by atoms with van der Waals surface area (Å²) in [6.45, 7) is 9.03. The van der Waals surface area contributed by atoms with Gasteiger partial charge in [0, 0.05) is 20.8 Å². The maximum Gasteiger partial charge on any atom is 0.303 e. The molecule has 8 heteroatoms. The zero-order valence-corrected chi connectivity index (χ0v) is 14.3. The lowest BCUT2D eigenvalue weighted by molar-refractivity contribution is -0.300. The zero-order valence-electron chi connectivity index (χ0n) is 14.3. The third-order valence-electron chi connectivity index (χ3n) is 2.77. The second-order valence-electron chi connectivity index (χ2n) is 6.23. The van der Waals surface area contributed by atoms with Crippen molar-refractivity contribution >= 4 is 17.9 Å². The largest absolute Gasteiger partial charge is 0.456 e. The van der Waals surface area contributed by atoms with Gasteiger partial charge in [0.05, 0.1) is 12.2 Å². The lowest BCUT2D eigenvalue weighted by Gasteiger charge is -2.42. The minimum Gasteiger partial charge on any atom is -0.456 e. The SMILES string of the molecule is CC(=O)O[C@H]1[C@H](OC(C)=O)COC(OC(C)(C)C)[C@@H]1OC(C)=O. The van der Waals surface area contributed by atoms with Gasteiger partial charge in [0.15, 0.2) is 24.6 Å². The van der Waals surface area contributed by atoms with Crippen LogP contribution >= 0.6 is 0 Å². The highest BCUT2D eigenvalue weighted by atomic mass is 16.7. The molecule has 1 saturated heterocycles. The molecule has 0 saturated carbocycles. The fourth-order valence-electron chi connectivity index (χ4n) is 2.16. The predicted octanol–water partition coefficient (Wildman–Crippen LogP) is 0.953. The van der Waals surface area contributed by atoms with Crippen LogP contribution in [0.25, 0.3) is 0 Å². The van der Waals surface area contributed by atoms with E-state index in [0.29, 0.717) is 0 Å². The normalized spacial score (nSPS) is 27.9. The highest BCUT2D eigenvalue weighted by molar-refractivity contribution is 5.68. The molecule has 4 atom stereocenters. The fourth-order valence-corrected chi connectivity index (χ4v) is 2.16. The Labute approximate surface area is 135 Å². The summed E-state index contributed by atoms with van der Waals surface area (Å²) in [5.41, 5.74) is -0.585. The number of hydrogen-bond donors (Lipinski definition) is 0. The molecule has 0 aliphatic carbocycles. The van der Waals surface area contributed by atoms with Gasteiger partial charge in [0.25, 0.3) is 0 Å². The molecule has 1 aliphatic rings. The first kappa shape index (κ1) is 19.4. The molecule has 0 aromatic rings. The Morgan fingerprint density at radius 1 is 0.870 bits per heavy atom. The van der Waals surface area contributed by atoms with Crippen LogP contribution < -0.4 is 0 Å². The molecule has 0 radical (unpaired) electrons. The molecule has 1 unspecified atom stereocenters. The lowest BCUT2D eigenvalue weighted by Crippen LogP contribution is -2.59. The predicted molar refractivity (Wildman–Crippen MR) is 77.2 cm³/mol. The molecule has 1 heterocycles. The molecule has 0 aromatic heterocycles. The molecule has 0 amide bonds. The molecular weight excluding hydrogens is 308 g/mol. The highest BCUT2D eigenvalue weighted by Crippen LogP contribution is 2.27. The Hall–Kier alpha value is -1.67. The van der Waals surface area contributed by atoms with Gasteiger partial charge in [-0.2, -0.15) is 0 Å². The van der Waals surface area contributed by atoms with E-state index in [4.69, 9.17) is 23.7 Å². The Morgan fingerprint density at radius 3 is 1.78 bits per heavy atom. The van der Waals surface area contributed by atoms with Crippen molar-refractivity contribution in [1.82, 2.24) is 0 Å². The average molecular weight is 332 g/mol. The molecule has 23 heavy (non-hydrogen) atoms. The second kappa shape index (κ2) is 7.74. The van der Waals surface area contributed by atoms with E-state index in [1.54, 1.807) is 20.8 Å². The van der Waals surface area contributed by atoms with E-state index in [9.17, 15) is 14.4 Å². The third-order valence-corrected chi connectivity index (χ3v) is 2.77. The van der Waals surface area contributed by atoms with Crippen molar-refractivity contribution < 1.29 is 38.1 Å². The summed E-state index contributed by atoms with van der Waals surface area (Å²) in [6.07, 6.45) is -3.90. The van der Waals surface area contributed by atoms with Crippen molar-refractivity contribution in [1.29, 1.82) is 0 Å². The summed E-state index contributed by atoms with van der Waals surface area (Å²) in [5, 5.41) is 0. The minimum atomic E-state index is -1.05. The summed E-state index contributed by atoms with van der Waals surface area (Å²) >= 11 is 0. The van der Waals surface area contributed by atoms with Gasteiger partial charge >= 0.3 is 17.9 Å². The molecule has 1 fully saturated rings. The first-order valence-electron chi connectivity index (χ1n) is 7.30. The summed E-state index contributed by atoms with van der Waals surface area (Å²) in [7, 11) is 0. The molecule has 1 aliphatic heterocycles. The van der Waals surface area contributed by atoms with Crippen LogP contribution in [0.4, 0.5) is 0 Å². The van der Waals surface area contributed by atoms with Gasteiger partial charge in [0.2, 0.25) is 0 Å². The minimum absolute atomic E-state index is 0.0456. The van der Waals surface area contributed by atoms with Gasteiger partial charge in [0.1, 0.15) is 0 Å². The standard InChI is InChI=1S/C15H24O8/c1-8(16)20-11-7-19-14(23-15(4,5)6)13(22-10(3)18)12(11)21-9(2)17/h11-14H,7H2,1-6H3/t11-,12+,13-,14?/m1/s1. The van der Waals surface area contributed by atoms with E-state index in [1.165, 1.54) is 20.8 Å². The number of carbonyl (C=O) groups excluding carboxylic acids is 3. The van der Waals surface area contributed by atoms with Gasteiger partial charge in [-0.15, -0.1) is 0 Å². The van der Waals surface area contributed by atoms with E-state index in [1.807, 2.05) is 0 Å². The first-order valence-corrected chi connectivity index (χ1v) is 7.30. The monoisotopic (exact) mass is 332 g/mol. The van der Waals surface area contributed by atoms with E-state index in [-0.39, 0.29) is 6.61 Å². The van der Waals surface area contributed by atoms with Crippen LogP contribution in [-0.4, -0.2) is 54.7 Å². The summed E-state index contributed by atoms with van der Waals surface area (Å²) in [5.74, 6) is -1.75. The number of hydrogen-bond acceptors (Lipinski definition) is 8. The van der Waals surface area contributed by atoms with Gasteiger partial charge in [-0.25, -0.2) is 0 Å². The van der Waals surface area contributed by atoms with Crippen molar-refractivity contribution in [2.24, 2.45) is 0 Å². The molecule has 8 nitrogen and oxygen atoms in total. The maximum atomic E-state index is 11.4. The highest BCUT2D eigenvalue weighted by Gasteiger charge is 2.48. The molecule has 0 spiro atoms. The second-order valence-corrected chi connectivity index (χ2v) is 6.23. The number of esters is 3. The number of ether oxygens (including phenoxy) is 5. The Bertz CT molecular complexity index is 453. The number of rotatable bonds is 4. The van der Waals surface area contributed by atoms with Crippen LogP contribution in [0, 0.1) is 0 Å². The van der Waals surface area contributed by atoms with E-state index in [2.05, 4.69) is 0 Å². The molecular formula is C15H24O8. The van der Waals surface area contributed by atoms with Crippen molar-refractivity contribution in [3.05, 3.63) is 0 Å². The van der Waals surface area contributed by atoms with Gasteiger partial charge in [-0.1, -0.05) is 0 Å². The molecule has 1 rings (SSSR count). The van der Waals surface area contributed by atoms with Crippen LogP contribution in [0.2, 0.25) is 0 Å². The molecule has 132 valence electrons. The Kier molecular flexibility index (Phi) is 6.52. The zero-order chi connectivity index (χ0) is 17.8. The molecule has 0 bridgehead atoms. The quantitative estimate of drug-likeness (QED) is 0.554. The summed E-state index contributed by atoms with van der Waals surface area (Å²) < 4.78 is 26.8.